The van der Waals surface area contributed by atoms with Crippen LogP contribution in [0.5, 0.6) is 0 Å². The molecule has 0 aliphatic rings. The average molecular weight is 931 g/mol. The predicted molar refractivity (Wildman–Crippen MR) is 313 cm³/mol. The molecule has 0 saturated carbocycles. The highest BCUT2D eigenvalue weighted by molar-refractivity contribution is 6.23. The van der Waals surface area contributed by atoms with Gasteiger partial charge in [-0.1, -0.05) is 248 Å². The monoisotopic (exact) mass is 930 g/mol. The van der Waals surface area contributed by atoms with Gasteiger partial charge in [0.25, 0.3) is 0 Å². The largest absolute Gasteiger partial charge is 0.456 e. The fourth-order valence-electron chi connectivity index (χ4n) is 10.5. The van der Waals surface area contributed by atoms with Crippen LogP contribution >= 0.6 is 0 Å². The molecule has 72 heavy (non-hydrogen) atoms. The molecule has 2 nitrogen and oxygen atoms in total. The summed E-state index contributed by atoms with van der Waals surface area (Å²) in [6, 6.07) is 86.3. The van der Waals surface area contributed by atoms with E-state index in [1.165, 1.54) is 87.6 Å². The van der Waals surface area contributed by atoms with Gasteiger partial charge in [-0.3, -0.25) is 0 Å². The van der Waals surface area contributed by atoms with Crippen LogP contribution in [0.2, 0.25) is 0 Å². The van der Waals surface area contributed by atoms with Crippen LogP contribution in [-0.4, -0.2) is 0 Å². The lowest BCUT2D eigenvalue weighted by atomic mass is 9.86. The van der Waals surface area contributed by atoms with Crippen molar-refractivity contribution in [3.05, 3.63) is 243 Å². The first kappa shape index (κ1) is 47.0. The van der Waals surface area contributed by atoms with Crippen molar-refractivity contribution >= 4 is 87.0 Å². The molecular formula is C70H58O2. The number of fused-ring (bicyclic) bond motifs is 10. The Balaban J connectivity index is 0.000000150. The first-order chi connectivity index (χ1) is 35.8. The van der Waals surface area contributed by atoms with Crippen LogP contribution in [0.4, 0.5) is 0 Å². The zero-order valence-corrected chi connectivity index (χ0v) is 41.9. The number of para-hydroxylation sites is 2. The second kappa shape index (κ2) is 21.1. The molecule has 0 aliphatic carbocycles. The van der Waals surface area contributed by atoms with Gasteiger partial charge in [-0.25, -0.2) is 0 Å². The summed E-state index contributed by atoms with van der Waals surface area (Å²) in [6.45, 7) is 12.0. The Labute approximate surface area is 422 Å². The lowest BCUT2D eigenvalue weighted by molar-refractivity contribution is 0.668. The van der Waals surface area contributed by atoms with E-state index in [1.54, 1.807) is 0 Å². The fraction of sp³-hybridized carbons (Fsp3) is 0.0857. The predicted octanol–water partition coefficient (Wildman–Crippen LogP) is 21.5. The van der Waals surface area contributed by atoms with Gasteiger partial charge in [-0.2, -0.15) is 0 Å². The molecule has 2 heteroatoms. The Bertz CT molecular complexity index is 3770. The van der Waals surface area contributed by atoms with Crippen molar-refractivity contribution in [2.45, 2.75) is 41.5 Å². The van der Waals surface area contributed by atoms with E-state index in [0.29, 0.717) is 0 Å². The molecule has 0 radical (unpaired) electrons. The van der Waals surface area contributed by atoms with Crippen LogP contribution in [0, 0.1) is 0 Å². The normalized spacial score (nSPS) is 10.9. The van der Waals surface area contributed by atoms with Crippen molar-refractivity contribution in [3.63, 3.8) is 0 Å². The standard InChI is InChI=1S/2C32H20O.3C2H6/c2*1-2-10-21(11-3-1)31-24-13-4-6-15-26(24)32(27-16-7-5-14-25(27)31)22-18-19-30-28(20-22)23-12-8-9-17-29(23)33-30;3*1-2/h2*1-20H;3*1-2H3. The smallest absolute Gasteiger partial charge is 0.135 e. The maximum Gasteiger partial charge on any atom is 0.135 e. The number of hydrogen-bond donors (Lipinski definition) is 0. The molecule has 14 aromatic rings. The maximum atomic E-state index is 6.10. The SMILES string of the molecule is CC.CC.CC.c1ccc(-c2c3ccccc3c(-c3ccc4oc5ccccc5c4c3)c3ccccc23)cc1.c1ccc(-c2c3ccccc3c(-c3ccc4oc5ccccc5c4c3)c3ccccc23)cc1. The van der Waals surface area contributed by atoms with Gasteiger partial charge in [0, 0.05) is 21.5 Å². The summed E-state index contributed by atoms with van der Waals surface area (Å²) in [7, 11) is 0. The summed E-state index contributed by atoms with van der Waals surface area (Å²) < 4.78 is 12.2. The van der Waals surface area contributed by atoms with E-state index < -0.39 is 0 Å². The van der Waals surface area contributed by atoms with E-state index in [2.05, 4.69) is 218 Å². The Morgan fingerprint density at radius 1 is 0.181 bits per heavy atom. The van der Waals surface area contributed by atoms with Crippen LogP contribution in [0.1, 0.15) is 41.5 Å². The maximum absolute atomic E-state index is 6.10. The molecule has 12 aromatic carbocycles. The number of furan rings is 2. The lowest BCUT2D eigenvalue weighted by Gasteiger charge is -2.17. The Hall–Kier alpha value is -8.72. The molecule has 2 heterocycles. The molecule has 0 N–H and O–H groups in total. The molecule has 0 amide bonds. The van der Waals surface area contributed by atoms with Gasteiger partial charge in [0.1, 0.15) is 22.3 Å². The van der Waals surface area contributed by atoms with Gasteiger partial charge in [0.2, 0.25) is 0 Å². The third-order valence-corrected chi connectivity index (χ3v) is 13.3. The molecule has 2 aromatic heterocycles. The van der Waals surface area contributed by atoms with Crippen LogP contribution in [0.25, 0.3) is 131 Å². The van der Waals surface area contributed by atoms with Crippen molar-refractivity contribution in [2.24, 2.45) is 0 Å². The minimum atomic E-state index is 0.925. The van der Waals surface area contributed by atoms with Crippen molar-refractivity contribution in [2.75, 3.05) is 0 Å². The number of rotatable bonds is 4. The fourth-order valence-corrected chi connectivity index (χ4v) is 10.5. The van der Waals surface area contributed by atoms with Gasteiger partial charge in [-0.05, 0) is 124 Å². The van der Waals surface area contributed by atoms with Crippen molar-refractivity contribution < 1.29 is 8.83 Å². The van der Waals surface area contributed by atoms with E-state index in [-0.39, 0.29) is 0 Å². The Morgan fingerprint density at radius 2 is 0.403 bits per heavy atom. The number of benzene rings is 12. The van der Waals surface area contributed by atoms with Crippen LogP contribution in [0.15, 0.2) is 251 Å². The lowest BCUT2D eigenvalue weighted by Crippen LogP contribution is -1.90. The van der Waals surface area contributed by atoms with Crippen molar-refractivity contribution in [3.8, 4) is 44.5 Å². The number of hydrogen-bond acceptors (Lipinski definition) is 2. The Kier molecular flexibility index (Phi) is 13.8. The zero-order chi connectivity index (χ0) is 49.6. The van der Waals surface area contributed by atoms with E-state index >= 15 is 0 Å². The molecule has 350 valence electrons. The van der Waals surface area contributed by atoms with E-state index in [0.717, 1.165) is 43.9 Å². The minimum absolute atomic E-state index is 0.925. The molecule has 0 saturated heterocycles. The molecule has 0 fully saturated rings. The van der Waals surface area contributed by atoms with Gasteiger partial charge < -0.3 is 8.83 Å². The van der Waals surface area contributed by atoms with Crippen molar-refractivity contribution in [1.29, 1.82) is 0 Å². The summed E-state index contributed by atoms with van der Waals surface area (Å²) in [5.41, 5.74) is 13.7. The van der Waals surface area contributed by atoms with Crippen LogP contribution < -0.4 is 0 Å². The molecular weight excluding hydrogens is 873 g/mol. The average Bonchev–Trinajstić information content (AvgIpc) is 4.04. The second-order valence-corrected chi connectivity index (χ2v) is 17.0. The zero-order valence-electron chi connectivity index (χ0n) is 41.9. The highest BCUT2D eigenvalue weighted by Gasteiger charge is 2.19. The van der Waals surface area contributed by atoms with Gasteiger partial charge in [-0.15, -0.1) is 0 Å². The van der Waals surface area contributed by atoms with E-state index in [4.69, 9.17) is 8.83 Å². The first-order valence-electron chi connectivity index (χ1n) is 25.6. The summed E-state index contributed by atoms with van der Waals surface area (Å²) >= 11 is 0. The van der Waals surface area contributed by atoms with Crippen LogP contribution in [-0.2, 0) is 0 Å². The molecule has 14 rings (SSSR count). The topological polar surface area (TPSA) is 26.3 Å². The third-order valence-electron chi connectivity index (χ3n) is 13.3. The third kappa shape index (κ3) is 8.35. The molecule has 0 atom stereocenters. The Morgan fingerprint density at radius 3 is 0.694 bits per heavy atom. The second-order valence-electron chi connectivity index (χ2n) is 17.0. The van der Waals surface area contributed by atoms with Gasteiger partial charge in [0.05, 0.1) is 0 Å². The quantitative estimate of drug-likeness (QED) is 0.164. The minimum Gasteiger partial charge on any atom is -0.456 e. The highest BCUT2D eigenvalue weighted by Crippen LogP contribution is 2.46. The molecule has 0 unspecified atom stereocenters. The summed E-state index contributed by atoms with van der Waals surface area (Å²) in [5, 5.41) is 14.8. The van der Waals surface area contributed by atoms with Crippen LogP contribution in [0.3, 0.4) is 0 Å². The summed E-state index contributed by atoms with van der Waals surface area (Å²) in [5.74, 6) is 0. The first-order valence-corrected chi connectivity index (χ1v) is 25.6. The van der Waals surface area contributed by atoms with E-state index in [9.17, 15) is 0 Å². The summed E-state index contributed by atoms with van der Waals surface area (Å²) in [4.78, 5) is 0. The van der Waals surface area contributed by atoms with Gasteiger partial charge >= 0.3 is 0 Å². The van der Waals surface area contributed by atoms with Crippen molar-refractivity contribution in [1.82, 2.24) is 0 Å². The summed E-state index contributed by atoms with van der Waals surface area (Å²) in [6.07, 6.45) is 0. The van der Waals surface area contributed by atoms with Gasteiger partial charge in [0.15, 0.2) is 0 Å². The molecule has 0 aliphatic heterocycles. The highest BCUT2D eigenvalue weighted by atomic mass is 16.3. The molecule has 0 bridgehead atoms. The molecule has 0 spiro atoms. The van der Waals surface area contributed by atoms with E-state index in [1.807, 2.05) is 65.8 Å².